The first-order valence-electron chi connectivity index (χ1n) is 3.84. The van der Waals surface area contributed by atoms with Crippen molar-refractivity contribution in [1.82, 2.24) is 6.15 Å². The molecule has 0 radical (unpaired) electrons. The highest BCUT2D eigenvalue weighted by Gasteiger charge is 2.34. The van der Waals surface area contributed by atoms with E-state index < -0.39 is 14.9 Å². The third-order valence-electron chi connectivity index (χ3n) is 2.15. The highest BCUT2D eigenvalue weighted by atomic mass is 32.2. The fraction of sp³-hybridized carbons (Fsp3) is 1.00. The molecule has 0 saturated carbocycles. The summed E-state index contributed by atoms with van der Waals surface area (Å²) in [5.74, 6) is 0. The van der Waals surface area contributed by atoms with Gasteiger partial charge in [0.05, 0.1) is 4.75 Å². The zero-order valence-corrected chi connectivity index (χ0v) is 9.56. The van der Waals surface area contributed by atoms with E-state index in [0.29, 0.717) is 12.8 Å². The lowest BCUT2D eigenvalue weighted by molar-refractivity contribution is 0.411. The van der Waals surface area contributed by atoms with E-state index in [1.807, 2.05) is 6.92 Å². The molecule has 0 amide bonds. The van der Waals surface area contributed by atoms with Crippen molar-refractivity contribution in [3.8, 4) is 0 Å². The Morgan fingerprint density at radius 1 is 1.31 bits per heavy atom. The summed E-state index contributed by atoms with van der Waals surface area (Å²) in [7, 11) is -3.88. The summed E-state index contributed by atoms with van der Waals surface area (Å²) in [6.07, 6.45) is 1.74. The molecular weight excluding hydrogens is 194 g/mol. The van der Waals surface area contributed by atoms with E-state index in [2.05, 4.69) is 0 Å². The smallest absolute Gasteiger partial charge is 0.270 e. The van der Waals surface area contributed by atoms with Gasteiger partial charge in [-0.15, -0.1) is 0 Å². The molecule has 0 aliphatic heterocycles. The summed E-state index contributed by atoms with van der Waals surface area (Å²) in [5.41, 5.74) is 0. The summed E-state index contributed by atoms with van der Waals surface area (Å²) in [4.78, 5) is 0. The van der Waals surface area contributed by atoms with E-state index in [-0.39, 0.29) is 11.6 Å². The van der Waals surface area contributed by atoms with E-state index in [9.17, 15) is 8.42 Å². The van der Waals surface area contributed by atoms with E-state index in [1.165, 1.54) is 0 Å². The van der Waals surface area contributed by atoms with Gasteiger partial charge in [-0.05, 0) is 19.8 Å². The van der Waals surface area contributed by atoms with Crippen LogP contribution in [0.2, 0.25) is 0 Å². The molecular formula is C7H21NO4S. The number of hydrogen-bond acceptors (Lipinski definition) is 3. The normalized spacial score (nSPS) is 15.1. The Labute approximate surface area is 80.2 Å². The van der Waals surface area contributed by atoms with Crippen LogP contribution < -0.4 is 6.15 Å². The van der Waals surface area contributed by atoms with Crippen molar-refractivity contribution in [3.05, 3.63) is 0 Å². The average Bonchev–Trinajstić information content (AvgIpc) is 1.86. The topological polar surface area (TPSA) is 121 Å². The molecule has 0 heterocycles. The Morgan fingerprint density at radius 2 is 1.69 bits per heavy atom. The summed E-state index contributed by atoms with van der Waals surface area (Å²) in [5, 5.41) is 0. The molecule has 0 bridgehead atoms. The van der Waals surface area contributed by atoms with Crippen molar-refractivity contribution in [2.24, 2.45) is 0 Å². The summed E-state index contributed by atoms with van der Waals surface area (Å²) < 4.78 is 29.6. The molecule has 0 aliphatic carbocycles. The average molecular weight is 215 g/mol. The van der Waals surface area contributed by atoms with Crippen LogP contribution in [0.25, 0.3) is 0 Å². The molecule has 0 fully saturated rings. The maximum Gasteiger partial charge on any atom is 0.270 e. The lowest BCUT2D eigenvalue weighted by Gasteiger charge is -2.23. The van der Waals surface area contributed by atoms with Gasteiger partial charge in [-0.3, -0.25) is 4.55 Å². The second-order valence-corrected chi connectivity index (χ2v) is 4.96. The van der Waals surface area contributed by atoms with Crippen molar-refractivity contribution < 1.29 is 18.4 Å². The zero-order valence-electron chi connectivity index (χ0n) is 8.74. The predicted molar refractivity (Wildman–Crippen MR) is 53.1 cm³/mol. The van der Waals surface area contributed by atoms with E-state index in [1.54, 1.807) is 13.8 Å². The van der Waals surface area contributed by atoms with Crippen LogP contribution in [0.5, 0.6) is 0 Å². The lowest BCUT2D eigenvalue weighted by atomic mass is 10.0. The molecule has 1 unspecified atom stereocenters. The molecule has 1 atom stereocenters. The zero-order chi connectivity index (χ0) is 9.12. The molecule has 84 valence electrons. The quantitative estimate of drug-likeness (QED) is 0.697. The van der Waals surface area contributed by atoms with Crippen LogP contribution in [0.4, 0.5) is 0 Å². The van der Waals surface area contributed by atoms with Crippen molar-refractivity contribution in [2.45, 2.75) is 44.8 Å². The van der Waals surface area contributed by atoms with Crippen LogP contribution in [0, 0.1) is 0 Å². The second-order valence-electron chi connectivity index (χ2n) is 3.03. The van der Waals surface area contributed by atoms with Gasteiger partial charge in [0, 0.05) is 0 Å². The molecule has 0 aromatic rings. The Morgan fingerprint density at radius 3 is 1.77 bits per heavy atom. The minimum absolute atomic E-state index is 0. The van der Waals surface area contributed by atoms with Crippen molar-refractivity contribution in [2.75, 3.05) is 0 Å². The van der Waals surface area contributed by atoms with Gasteiger partial charge in [-0.1, -0.05) is 20.3 Å². The van der Waals surface area contributed by atoms with Crippen molar-refractivity contribution in [3.63, 3.8) is 0 Å². The first-order chi connectivity index (χ1) is 4.87. The van der Waals surface area contributed by atoms with E-state index in [0.717, 1.165) is 6.42 Å². The highest BCUT2D eigenvalue weighted by molar-refractivity contribution is 7.87. The first kappa shape index (κ1) is 18.6. The highest BCUT2D eigenvalue weighted by Crippen LogP contribution is 2.25. The monoisotopic (exact) mass is 215 g/mol. The van der Waals surface area contributed by atoms with Gasteiger partial charge in [0.1, 0.15) is 0 Å². The number of rotatable bonds is 4. The number of quaternary nitrogens is 1. The van der Waals surface area contributed by atoms with Crippen LogP contribution in [0.3, 0.4) is 0 Å². The minimum atomic E-state index is -3.88. The fourth-order valence-electron chi connectivity index (χ4n) is 1.02. The predicted octanol–water partition coefficient (Wildman–Crippen LogP) is 2.04. The first-order valence-corrected chi connectivity index (χ1v) is 5.28. The van der Waals surface area contributed by atoms with E-state index >= 15 is 0 Å². The van der Waals surface area contributed by atoms with Gasteiger partial charge in [0.25, 0.3) is 10.1 Å². The summed E-state index contributed by atoms with van der Waals surface area (Å²) >= 11 is 0. The van der Waals surface area contributed by atoms with Gasteiger partial charge in [-0.2, -0.15) is 8.42 Å². The van der Waals surface area contributed by atoms with Crippen LogP contribution >= 0.6 is 0 Å². The molecule has 0 rings (SSSR count). The van der Waals surface area contributed by atoms with Gasteiger partial charge < -0.3 is 11.6 Å². The molecule has 13 heavy (non-hydrogen) atoms. The molecule has 0 aromatic heterocycles. The Hall–Kier alpha value is -0.170. The maximum absolute atomic E-state index is 10.8. The fourth-order valence-corrected chi connectivity index (χ4v) is 1.84. The summed E-state index contributed by atoms with van der Waals surface area (Å²) in [6.45, 7) is 5.24. The van der Waals surface area contributed by atoms with Crippen LogP contribution in [0.1, 0.15) is 40.0 Å². The van der Waals surface area contributed by atoms with Gasteiger partial charge in [0.15, 0.2) is 0 Å². The van der Waals surface area contributed by atoms with Gasteiger partial charge >= 0.3 is 0 Å². The van der Waals surface area contributed by atoms with Gasteiger partial charge in [0.2, 0.25) is 0 Å². The molecule has 6 N–H and O–H groups in total. The third-order valence-corrected chi connectivity index (χ3v) is 3.89. The lowest BCUT2D eigenvalue weighted by Crippen LogP contribution is -2.33. The molecule has 0 saturated heterocycles. The van der Waals surface area contributed by atoms with Gasteiger partial charge in [-0.25, -0.2) is 0 Å². The number of hydrogen-bond donors (Lipinski definition) is 2. The molecule has 0 aromatic carbocycles. The van der Waals surface area contributed by atoms with Crippen molar-refractivity contribution >= 4 is 10.1 Å². The molecule has 0 spiro atoms. The molecule has 5 nitrogen and oxygen atoms in total. The standard InChI is InChI=1S/C7H16O3S.H3N.H2O/c1-4-6-7(3,5-2)11(8,9)10;;/h4-6H2,1-3H3,(H,8,9,10);1H3;1H2. The molecule has 0 aliphatic rings. The van der Waals surface area contributed by atoms with E-state index in [4.69, 9.17) is 4.55 Å². The largest absolute Gasteiger partial charge is 0.870 e. The Bertz CT molecular complexity index is 215. The third kappa shape index (κ3) is 4.56. The molecule has 6 heteroatoms. The Kier molecular flexibility index (Phi) is 9.02. The second kappa shape index (κ2) is 6.31. The SMILES string of the molecule is CCCC(C)(CC)S(=O)(=O)O.[NH4+].[OH-]. The Balaban J connectivity index is -0.000000500. The van der Waals surface area contributed by atoms with Crippen LogP contribution in [-0.4, -0.2) is 23.2 Å². The maximum atomic E-state index is 10.8. The minimum Gasteiger partial charge on any atom is -0.870 e. The van der Waals surface area contributed by atoms with Crippen LogP contribution in [-0.2, 0) is 10.1 Å². The van der Waals surface area contributed by atoms with Crippen LogP contribution in [0.15, 0.2) is 0 Å². The van der Waals surface area contributed by atoms with Crippen molar-refractivity contribution in [1.29, 1.82) is 0 Å². The summed E-state index contributed by atoms with van der Waals surface area (Å²) in [6, 6.07) is 0.